The molecule has 21 heavy (non-hydrogen) atoms. The lowest BCUT2D eigenvalue weighted by Gasteiger charge is -2.34. The van der Waals surface area contributed by atoms with Crippen molar-refractivity contribution in [3.8, 4) is 11.5 Å². The molecule has 1 aliphatic heterocycles. The largest absolute Gasteiger partial charge is 0.491 e. The summed E-state index contributed by atoms with van der Waals surface area (Å²) in [4.78, 5) is 0. The Hall–Kier alpha value is -1.37. The van der Waals surface area contributed by atoms with Crippen LogP contribution in [-0.2, 0) is 9.47 Å². The van der Waals surface area contributed by atoms with Gasteiger partial charge in [0.15, 0.2) is 17.8 Å². The lowest BCUT2D eigenvalue weighted by molar-refractivity contribution is -0.119. The van der Waals surface area contributed by atoms with E-state index in [0.717, 1.165) is 24.2 Å². The van der Waals surface area contributed by atoms with Gasteiger partial charge in [0.05, 0.1) is 25.6 Å². The van der Waals surface area contributed by atoms with Gasteiger partial charge in [-0.25, -0.2) is 0 Å². The summed E-state index contributed by atoms with van der Waals surface area (Å²) >= 11 is 6.43. The standard InChI is InChI=1S/C14H21ClN2O4/c1-18-12-9(15)11-8(10(16)13(12)19-2)7(5-6-17-11)14(20-3)21-4/h7,14,17H,5-6,16H2,1-4H3. The Morgan fingerprint density at radius 3 is 2.29 bits per heavy atom. The Kier molecular flexibility index (Phi) is 5.03. The second-order valence-electron chi connectivity index (χ2n) is 4.74. The van der Waals surface area contributed by atoms with Crippen molar-refractivity contribution in [1.29, 1.82) is 0 Å². The van der Waals surface area contributed by atoms with Gasteiger partial charge in [-0.1, -0.05) is 11.6 Å². The number of fused-ring (bicyclic) bond motifs is 1. The highest BCUT2D eigenvalue weighted by atomic mass is 35.5. The van der Waals surface area contributed by atoms with Gasteiger partial charge in [-0.2, -0.15) is 0 Å². The van der Waals surface area contributed by atoms with E-state index in [1.807, 2.05) is 0 Å². The molecule has 3 N–H and O–H groups in total. The van der Waals surface area contributed by atoms with Crippen LogP contribution in [0.25, 0.3) is 0 Å². The normalized spacial score (nSPS) is 17.3. The van der Waals surface area contributed by atoms with E-state index in [2.05, 4.69) is 5.32 Å². The van der Waals surface area contributed by atoms with Crippen LogP contribution in [0.5, 0.6) is 11.5 Å². The summed E-state index contributed by atoms with van der Waals surface area (Å²) in [6, 6.07) is 0. The maximum Gasteiger partial charge on any atom is 0.185 e. The van der Waals surface area contributed by atoms with E-state index in [0.29, 0.717) is 22.2 Å². The number of hydrogen-bond donors (Lipinski definition) is 2. The van der Waals surface area contributed by atoms with Crippen LogP contribution in [-0.4, -0.2) is 41.3 Å². The molecule has 0 aromatic heterocycles. The molecule has 0 saturated carbocycles. The van der Waals surface area contributed by atoms with Crippen molar-refractivity contribution in [1.82, 2.24) is 0 Å². The molecule has 6 nitrogen and oxygen atoms in total. The lowest BCUT2D eigenvalue weighted by Crippen LogP contribution is -2.30. The molecule has 0 fully saturated rings. The second kappa shape index (κ2) is 6.60. The minimum absolute atomic E-state index is 0.0337. The summed E-state index contributed by atoms with van der Waals surface area (Å²) in [5.41, 5.74) is 8.37. The van der Waals surface area contributed by atoms with E-state index in [9.17, 15) is 0 Å². The van der Waals surface area contributed by atoms with Crippen molar-refractivity contribution in [2.45, 2.75) is 18.6 Å². The van der Waals surface area contributed by atoms with E-state index >= 15 is 0 Å². The lowest BCUT2D eigenvalue weighted by atomic mass is 9.88. The van der Waals surface area contributed by atoms with Gasteiger partial charge in [0, 0.05) is 32.2 Å². The van der Waals surface area contributed by atoms with Crippen LogP contribution in [0.3, 0.4) is 0 Å². The number of hydrogen-bond acceptors (Lipinski definition) is 6. The molecule has 1 unspecified atom stereocenters. The van der Waals surface area contributed by atoms with Crippen LogP contribution in [0.1, 0.15) is 17.9 Å². The quantitative estimate of drug-likeness (QED) is 0.642. The molecule has 1 aromatic rings. The van der Waals surface area contributed by atoms with Crippen LogP contribution < -0.4 is 20.5 Å². The molecule has 0 bridgehead atoms. The molecule has 0 radical (unpaired) electrons. The van der Waals surface area contributed by atoms with Gasteiger partial charge in [-0.05, 0) is 6.42 Å². The zero-order valence-corrected chi connectivity index (χ0v) is 13.4. The average molecular weight is 317 g/mol. The van der Waals surface area contributed by atoms with E-state index in [-0.39, 0.29) is 5.92 Å². The molecule has 118 valence electrons. The Balaban J connectivity index is 2.65. The fraction of sp³-hybridized carbons (Fsp3) is 0.571. The molecular weight excluding hydrogens is 296 g/mol. The van der Waals surface area contributed by atoms with Gasteiger partial charge in [0.1, 0.15) is 5.02 Å². The van der Waals surface area contributed by atoms with Crippen LogP contribution in [0.4, 0.5) is 11.4 Å². The molecule has 7 heteroatoms. The van der Waals surface area contributed by atoms with Gasteiger partial charge >= 0.3 is 0 Å². The van der Waals surface area contributed by atoms with Gasteiger partial charge in [0.2, 0.25) is 0 Å². The Bertz CT molecular complexity index is 520. The first kappa shape index (κ1) is 16.0. The van der Waals surface area contributed by atoms with E-state index in [1.54, 1.807) is 14.2 Å². The van der Waals surface area contributed by atoms with E-state index in [1.165, 1.54) is 14.2 Å². The zero-order valence-electron chi connectivity index (χ0n) is 12.7. The third kappa shape index (κ3) is 2.59. The number of rotatable bonds is 5. The predicted molar refractivity (Wildman–Crippen MR) is 82.6 cm³/mol. The summed E-state index contributed by atoms with van der Waals surface area (Å²) in [5.74, 6) is 0.824. The number of ether oxygens (including phenoxy) is 4. The first-order valence-corrected chi connectivity index (χ1v) is 7.00. The number of methoxy groups -OCH3 is 4. The summed E-state index contributed by atoms with van der Waals surface area (Å²) in [5, 5.41) is 3.73. The third-order valence-electron chi connectivity index (χ3n) is 3.76. The number of nitrogens with two attached hydrogens (primary N) is 1. The van der Waals surface area contributed by atoms with Gasteiger partial charge < -0.3 is 30.0 Å². The van der Waals surface area contributed by atoms with Crippen LogP contribution in [0.2, 0.25) is 5.02 Å². The molecule has 1 aromatic carbocycles. The van der Waals surface area contributed by atoms with Crippen LogP contribution in [0.15, 0.2) is 0 Å². The minimum Gasteiger partial charge on any atom is -0.491 e. The molecule has 0 amide bonds. The summed E-state index contributed by atoms with van der Waals surface area (Å²) in [6.07, 6.45) is 0.414. The number of nitrogen functional groups attached to an aromatic ring is 1. The number of anilines is 2. The number of nitrogens with one attached hydrogen (secondary N) is 1. The highest BCUT2D eigenvalue weighted by Crippen LogP contribution is 2.52. The molecule has 1 atom stereocenters. The summed E-state index contributed by atoms with van der Waals surface area (Å²) in [7, 11) is 6.28. The van der Waals surface area contributed by atoms with Crippen LogP contribution in [0, 0.1) is 0 Å². The molecule has 1 heterocycles. The Morgan fingerprint density at radius 1 is 1.14 bits per heavy atom. The first-order chi connectivity index (χ1) is 10.1. The van der Waals surface area contributed by atoms with Gasteiger partial charge in [-0.15, -0.1) is 0 Å². The smallest absolute Gasteiger partial charge is 0.185 e. The van der Waals surface area contributed by atoms with Crippen molar-refractivity contribution in [3.63, 3.8) is 0 Å². The van der Waals surface area contributed by atoms with Crippen molar-refractivity contribution in [3.05, 3.63) is 10.6 Å². The van der Waals surface area contributed by atoms with Crippen LogP contribution >= 0.6 is 11.6 Å². The molecular formula is C14H21ClN2O4. The van der Waals surface area contributed by atoms with Crippen molar-refractivity contribution in [2.75, 3.05) is 46.0 Å². The fourth-order valence-electron chi connectivity index (χ4n) is 2.85. The zero-order chi connectivity index (χ0) is 15.6. The topological polar surface area (TPSA) is 75.0 Å². The first-order valence-electron chi connectivity index (χ1n) is 6.62. The number of benzene rings is 1. The van der Waals surface area contributed by atoms with E-state index < -0.39 is 6.29 Å². The highest BCUT2D eigenvalue weighted by molar-refractivity contribution is 6.35. The maximum absolute atomic E-state index is 6.43. The van der Waals surface area contributed by atoms with Gasteiger partial charge in [-0.3, -0.25) is 0 Å². The average Bonchev–Trinajstić information content (AvgIpc) is 2.51. The summed E-state index contributed by atoms with van der Waals surface area (Å²) < 4.78 is 21.5. The Morgan fingerprint density at radius 2 is 1.76 bits per heavy atom. The number of halogens is 1. The minimum atomic E-state index is -0.401. The molecule has 0 aliphatic carbocycles. The highest BCUT2D eigenvalue weighted by Gasteiger charge is 2.35. The van der Waals surface area contributed by atoms with Crippen molar-refractivity contribution >= 4 is 23.0 Å². The Labute approximate surface area is 129 Å². The molecule has 1 aliphatic rings. The maximum atomic E-state index is 6.43. The monoisotopic (exact) mass is 316 g/mol. The third-order valence-corrected chi connectivity index (χ3v) is 4.12. The van der Waals surface area contributed by atoms with Crippen molar-refractivity contribution < 1.29 is 18.9 Å². The second-order valence-corrected chi connectivity index (χ2v) is 5.12. The summed E-state index contributed by atoms with van der Waals surface area (Å²) in [6.45, 7) is 0.746. The fourth-order valence-corrected chi connectivity index (χ4v) is 3.18. The molecule has 2 rings (SSSR count). The predicted octanol–water partition coefficient (Wildman–Crippen LogP) is 2.46. The van der Waals surface area contributed by atoms with E-state index in [4.69, 9.17) is 36.3 Å². The molecule has 0 saturated heterocycles. The molecule has 0 spiro atoms. The van der Waals surface area contributed by atoms with Gasteiger partial charge in [0.25, 0.3) is 0 Å². The van der Waals surface area contributed by atoms with Crippen molar-refractivity contribution in [2.24, 2.45) is 0 Å². The SMILES string of the molecule is COc1c(N)c2c(c(Cl)c1OC)NCCC2C(OC)OC.